The van der Waals surface area contributed by atoms with E-state index in [9.17, 15) is 4.79 Å². The highest BCUT2D eigenvalue weighted by Gasteiger charge is 2.17. The number of H-pyrrole nitrogens is 1. The van der Waals surface area contributed by atoms with Crippen molar-refractivity contribution in [2.45, 2.75) is 13.5 Å². The Morgan fingerprint density at radius 2 is 1.89 bits per heavy atom. The van der Waals surface area contributed by atoms with Crippen molar-refractivity contribution >= 4 is 16.9 Å². The topological polar surface area (TPSA) is 118 Å². The van der Waals surface area contributed by atoms with Gasteiger partial charge in [0.05, 0.1) is 28.6 Å². The van der Waals surface area contributed by atoms with E-state index >= 15 is 0 Å². The quantitative estimate of drug-likeness (QED) is 0.398. The number of nitrogens with one attached hydrogen (secondary N) is 2. The van der Waals surface area contributed by atoms with Crippen LogP contribution in [0.3, 0.4) is 0 Å². The zero-order valence-electron chi connectivity index (χ0n) is 19.8. The highest BCUT2D eigenvalue weighted by Crippen LogP contribution is 2.30. The van der Waals surface area contributed by atoms with Crippen LogP contribution in [0.1, 0.15) is 5.69 Å². The van der Waals surface area contributed by atoms with Crippen molar-refractivity contribution in [1.29, 1.82) is 0 Å². The molecule has 0 bridgehead atoms. The van der Waals surface area contributed by atoms with Crippen LogP contribution in [-0.2, 0) is 11.3 Å². The first-order chi connectivity index (χ1) is 17.6. The largest absolute Gasteiger partial charge is 0.339 e. The predicted octanol–water partition coefficient (Wildman–Crippen LogP) is 2.69. The fourth-order valence-corrected chi connectivity index (χ4v) is 4.42. The first-order valence-electron chi connectivity index (χ1n) is 11.9. The van der Waals surface area contributed by atoms with E-state index in [4.69, 9.17) is 4.98 Å². The Balaban J connectivity index is 1.28. The first kappa shape index (κ1) is 22.1. The van der Waals surface area contributed by atoms with Gasteiger partial charge in [-0.05, 0) is 37.3 Å². The standard InChI is InChI=1S/C26H25N9O/c1-17-3-2-4-23(31-17)26-20(14-29-33-26)21-5-6-22-24(32-21)11-18(12-28-22)19-13-30-35(15-19)16-25(36)34-9-7-27-8-10-34/h2-6,11-15,27H,7-10,16H2,1H3,(H,29,33). The molecule has 0 saturated carbocycles. The summed E-state index contributed by atoms with van der Waals surface area (Å²) in [7, 11) is 0. The lowest BCUT2D eigenvalue weighted by molar-refractivity contribution is -0.132. The number of aryl methyl sites for hydroxylation is 1. The van der Waals surface area contributed by atoms with Gasteiger partial charge in [-0.2, -0.15) is 10.2 Å². The van der Waals surface area contributed by atoms with E-state index in [-0.39, 0.29) is 12.5 Å². The summed E-state index contributed by atoms with van der Waals surface area (Å²) >= 11 is 0. The number of aromatic nitrogens is 7. The molecule has 36 heavy (non-hydrogen) atoms. The Labute approximate surface area is 207 Å². The summed E-state index contributed by atoms with van der Waals surface area (Å²) in [5, 5.41) is 15.0. The predicted molar refractivity (Wildman–Crippen MR) is 136 cm³/mol. The van der Waals surface area contributed by atoms with Crippen LogP contribution in [-0.4, -0.2) is 71.9 Å². The number of piperazine rings is 1. The number of fused-ring (bicyclic) bond motifs is 1. The van der Waals surface area contributed by atoms with Gasteiger partial charge >= 0.3 is 0 Å². The Kier molecular flexibility index (Phi) is 5.70. The number of carbonyl (C=O) groups is 1. The number of nitrogens with zero attached hydrogens (tertiary/aromatic N) is 7. The number of aromatic amines is 1. The van der Waals surface area contributed by atoms with E-state index in [1.54, 1.807) is 10.9 Å². The molecule has 10 nitrogen and oxygen atoms in total. The second-order valence-corrected chi connectivity index (χ2v) is 8.83. The van der Waals surface area contributed by atoms with Gasteiger partial charge in [0, 0.05) is 67.2 Å². The number of pyridine rings is 3. The summed E-state index contributed by atoms with van der Waals surface area (Å²) in [6.45, 7) is 5.30. The SMILES string of the molecule is Cc1cccc(-c2n[nH]cc2-c2ccc3ncc(-c4cnn(CC(=O)N5CCNCC5)c4)cc3n2)n1. The summed E-state index contributed by atoms with van der Waals surface area (Å²) in [5.41, 5.74) is 7.47. The van der Waals surface area contributed by atoms with Gasteiger partial charge in [-0.1, -0.05) is 6.07 Å². The van der Waals surface area contributed by atoms with Crippen LogP contribution in [0.5, 0.6) is 0 Å². The zero-order chi connectivity index (χ0) is 24.5. The maximum atomic E-state index is 12.6. The molecule has 0 atom stereocenters. The van der Waals surface area contributed by atoms with Gasteiger partial charge in [0.2, 0.25) is 5.91 Å². The molecule has 2 N–H and O–H groups in total. The van der Waals surface area contributed by atoms with Crippen LogP contribution in [0.15, 0.2) is 61.2 Å². The first-order valence-corrected chi connectivity index (χ1v) is 11.9. The van der Waals surface area contributed by atoms with Crippen molar-refractivity contribution in [3.8, 4) is 33.8 Å². The summed E-state index contributed by atoms with van der Waals surface area (Å²) < 4.78 is 1.68. The van der Waals surface area contributed by atoms with Gasteiger partial charge in [0.15, 0.2) is 0 Å². The molecule has 5 aromatic rings. The molecule has 1 amide bonds. The minimum Gasteiger partial charge on any atom is -0.339 e. The third-order valence-electron chi connectivity index (χ3n) is 6.32. The Bertz CT molecular complexity index is 1550. The number of hydrogen-bond donors (Lipinski definition) is 2. The molecule has 0 aliphatic carbocycles. The fourth-order valence-electron chi connectivity index (χ4n) is 4.42. The van der Waals surface area contributed by atoms with Gasteiger partial charge in [-0.3, -0.25) is 24.5 Å². The Morgan fingerprint density at radius 3 is 2.75 bits per heavy atom. The van der Waals surface area contributed by atoms with Crippen LogP contribution in [0.25, 0.3) is 44.8 Å². The second kappa shape index (κ2) is 9.31. The monoisotopic (exact) mass is 479 g/mol. The minimum atomic E-state index is 0.0770. The second-order valence-electron chi connectivity index (χ2n) is 8.83. The number of hydrogen-bond acceptors (Lipinski definition) is 7. The molecule has 0 spiro atoms. The van der Waals surface area contributed by atoms with Gasteiger partial charge in [0.1, 0.15) is 12.2 Å². The van der Waals surface area contributed by atoms with E-state index in [1.807, 2.05) is 66.8 Å². The number of carbonyl (C=O) groups excluding carboxylic acids is 1. The smallest absolute Gasteiger partial charge is 0.244 e. The maximum Gasteiger partial charge on any atom is 0.244 e. The molecular formula is C26H25N9O. The van der Waals surface area contributed by atoms with Crippen molar-refractivity contribution < 1.29 is 4.79 Å². The molecule has 0 radical (unpaired) electrons. The summed E-state index contributed by atoms with van der Waals surface area (Å²) in [6, 6.07) is 11.8. The lowest BCUT2D eigenvalue weighted by atomic mass is 10.1. The van der Waals surface area contributed by atoms with E-state index in [0.29, 0.717) is 0 Å². The van der Waals surface area contributed by atoms with Gasteiger partial charge in [-0.15, -0.1) is 0 Å². The van der Waals surface area contributed by atoms with E-state index < -0.39 is 0 Å². The number of amides is 1. The van der Waals surface area contributed by atoms with E-state index in [0.717, 1.165) is 76.7 Å². The van der Waals surface area contributed by atoms with Crippen molar-refractivity contribution in [3.63, 3.8) is 0 Å². The molecule has 10 heteroatoms. The van der Waals surface area contributed by atoms with Crippen LogP contribution in [0.4, 0.5) is 0 Å². The van der Waals surface area contributed by atoms with Gasteiger partial charge in [-0.25, -0.2) is 4.98 Å². The third-order valence-corrected chi connectivity index (χ3v) is 6.32. The normalized spacial score (nSPS) is 13.9. The fraction of sp³-hybridized carbons (Fsp3) is 0.231. The van der Waals surface area contributed by atoms with Crippen molar-refractivity contribution in [3.05, 3.63) is 66.9 Å². The highest BCUT2D eigenvalue weighted by atomic mass is 16.2. The zero-order valence-corrected chi connectivity index (χ0v) is 19.8. The number of rotatable bonds is 5. The lowest BCUT2D eigenvalue weighted by Gasteiger charge is -2.27. The highest BCUT2D eigenvalue weighted by molar-refractivity contribution is 5.85. The molecule has 5 aromatic heterocycles. The third kappa shape index (κ3) is 4.34. The summed E-state index contributed by atoms with van der Waals surface area (Å²) in [4.78, 5) is 28.6. The van der Waals surface area contributed by atoms with Crippen LogP contribution < -0.4 is 5.32 Å². The molecule has 0 unspecified atom stereocenters. The van der Waals surface area contributed by atoms with Crippen LogP contribution in [0.2, 0.25) is 0 Å². The van der Waals surface area contributed by atoms with Crippen LogP contribution >= 0.6 is 0 Å². The molecule has 0 aromatic carbocycles. The molecule has 6 rings (SSSR count). The van der Waals surface area contributed by atoms with E-state index in [2.05, 4.69) is 30.6 Å². The maximum absolute atomic E-state index is 12.6. The van der Waals surface area contributed by atoms with E-state index in [1.165, 1.54) is 0 Å². The average Bonchev–Trinajstić information content (AvgIpc) is 3.59. The molecule has 1 aliphatic heterocycles. The lowest BCUT2D eigenvalue weighted by Crippen LogP contribution is -2.47. The summed E-state index contributed by atoms with van der Waals surface area (Å²) in [5.74, 6) is 0.0770. The van der Waals surface area contributed by atoms with Crippen molar-refractivity contribution in [2.75, 3.05) is 26.2 Å². The average molecular weight is 480 g/mol. The molecule has 1 fully saturated rings. The molecule has 6 heterocycles. The Morgan fingerprint density at radius 1 is 1.00 bits per heavy atom. The van der Waals surface area contributed by atoms with Crippen LogP contribution in [0, 0.1) is 6.92 Å². The van der Waals surface area contributed by atoms with Crippen molar-refractivity contribution in [2.24, 2.45) is 0 Å². The minimum absolute atomic E-state index is 0.0770. The molecule has 1 aliphatic rings. The van der Waals surface area contributed by atoms with Gasteiger partial charge in [0.25, 0.3) is 0 Å². The molecule has 180 valence electrons. The molecule has 1 saturated heterocycles. The van der Waals surface area contributed by atoms with Crippen molar-refractivity contribution in [1.82, 2.24) is 45.1 Å². The van der Waals surface area contributed by atoms with Gasteiger partial charge < -0.3 is 10.2 Å². The Hall–Kier alpha value is -4.44. The summed E-state index contributed by atoms with van der Waals surface area (Å²) in [6.07, 6.45) is 7.28. The molecular weight excluding hydrogens is 454 g/mol.